The van der Waals surface area contributed by atoms with E-state index in [2.05, 4.69) is 41.8 Å². The molecule has 0 spiro atoms. The average molecular weight is 419 g/mol. The molecular weight excluding hydrogens is 387 g/mol. The number of benzene rings is 3. The van der Waals surface area contributed by atoms with Crippen LogP contribution in [0.15, 0.2) is 66.7 Å². The minimum atomic E-state index is -0.417. The molecule has 0 heterocycles. The minimum Gasteiger partial charge on any atom is -0.358 e. The van der Waals surface area contributed by atoms with Gasteiger partial charge in [0.2, 0.25) is 5.91 Å². The highest BCUT2D eigenvalue weighted by Crippen LogP contribution is 2.29. The minimum absolute atomic E-state index is 0.0617. The molecule has 0 fully saturated rings. The van der Waals surface area contributed by atoms with Crippen molar-refractivity contribution < 1.29 is 9.18 Å². The zero-order chi connectivity index (χ0) is 22.4. The van der Waals surface area contributed by atoms with E-state index in [9.17, 15) is 9.18 Å². The average Bonchev–Trinajstić information content (AvgIpc) is 2.77. The number of rotatable bonds is 8. The Balaban J connectivity index is 1.81. The summed E-state index contributed by atoms with van der Waals surface area (Å²) in [5.41, 5.74) is 6.21. The Kier molecular flexibility index (Phi) is 7.59. The van der Waals surface area contributed by atoms with Crippen molar-refractivity contribution in [3.05, 3.63) is 106 Å². The van der Waals surface area contributed by atoms with Crippen LogP contribution in [0.2, 0.25) is 0 Å². The highest BCUT2D eigenvalue weighted by Gasteiger charge is 2.21. The maximum absolute atomic E-state index is 13.9. The molecule has 3 aromatic carbocycles. The number of likely N-dealkylation sites (N-methyl/N-ethyl adjacent to an activating group) is 1. The molecule has 0 radical (unpaired) electrons. The number of nitrogens with one attached hydrogen (secondary N) is 2. The first-order chi connectivity index (χ1) is 14.9. The summed E-state index contributed by atoms with van der Waals surface area (Å²) in [4.78, 5) is 12.5. The summed E-state index contributed by atoms with van der Waals surface area (Å²) >= 11 is 0. The van der Waals surface area contributed by atoms with Gasteiger partial charge in [-0.05, 0) is 62.1 Å². The number of amides is 1. The lowest BCUT2D eigenvalue weighted by atomic mass is 9.87. The lowest BCUT2D eigenvalue weighted by molar-refractivity contribution is -0.122. The van der Waals surface area contributed by atoms with Crippen molar-refractivity contribution in [3.63, 3.8) is 0 Å². The van der Waals surface area contributed by atoms with Crippen LogP contribution in [0.4, 0.5) is 4.39 Å². The number of carbonyl (C=O) groups is 1. The second-order valence-corrected chi connectivity index (χ2v) is 8.17. The molecule has 3 aromatic rings. The van der Waals surface area contributed by atoms with E-state index in [0.717, 1.165) is 23.1 Å². The van der Waals surface area contributed by atoms with Crippen LogP contribution in [-0.2, 0) is 4.79 Å². The first-order valence-electron chi connectivity index (χ1n) is 10.7. The number of hydrogen-bond acceptors (Lipinski definition) is 2. The summed E-state index contributed by atoms with van der Waals surface area (Å²) in [6.45, 7) is 6.53. The van der Waals surface area contributed by atoms with E-state index in [4.69, 9.17) is 0 Å². The molecule has 1 amide bonds. The molecule has 0 aromatic heterocycles. The Morgan fingerprint density at radius 2 is 1.39 bits per heavy atom. The first-order valence-corrected chi connectivity index (χ1v) is 10.7. The molecule has 31 heavy (non-hydrogen) atoms. The van der Waals surface area contributed by atoms with Gasteiger partial charge in [0.1, 0.15) is 11.9 Å². The standard InChI is InChI=1S/C27H31FN2O/c1-18-5-9-21(10-6-18)24(23-13-14-25(28)20(3)17-23)15-16-30-26(27(31)29-4)22-11-7-19(2)8-12-22/h5-14,17,24,26,30H,15-16H2,1-4H3,(H,29,31)/t24-,26-/m0/s1. The van der Waals surface area contributed by atoms with Crippen molar-refractivity contribution >= 4 is 5.91 Å². The fourth-order valence-electron chi connectivity index (χ4n) is 3.85. The molecule has 0 aliphatic rings. The Hall–Kier alpha value is -2.98. The van der Waals surface area contributed by atoms with Gasteiger partial charge in [0.05, 0.1) is 0 Å². The third-order valence-electron chi connectivity index (χ3n) is 5.76. The molecular formula is C27H31FN2O. The van der Waals surface area contributed by atoms with Gasteiger partial charge in [0.25, 0.3) is 0 Å². The molecule has 2 N–H and O–H groups in total. The van der Waals surface area contributed by atoms with Crippen LogP contribution < -0.4 is 10.6 Å². The normalized spacial score (nSPS) is 12.9. The topological polar surface area (TPSA) is 41.1 Å². The molecule has 3 rings (SSSR count). The van der Waals surface area contributed by atoms with Gasteiger partial charge in [0, 0.05) is 13.0 Å². The monoisotopic (exact) mass is 418 g/mol. The van der Waals surface area contributed by atoms with Gasteiger partial charge in [-0.2, -0.15) is 0 Å². The van der Waals surface area contributed by atoms with Gasteiger partial charge in [-0.25, -0.2) is 4.39 Å². The zero-order valence-corrected chi connectivity index (χ0v) is 18.7. The van der Waals surface area contributed by atoms with Gasteiger partial charge in [-0.3, -0.25) is 4.79 Å². The van der Waals surface area contributed by atoms with Crippen LogP contribution in [0.3, 0.4) is 0 Å². The van der Waals surface area contributed by atoms with Gasteiger partial charge in [-0.1, -0.05) is 71.8 Å². The second-order valence-electron chi connectivity index (χ2n) is 8.17. The Labute approximate surface area is 184 Å². The molecule has 0 saturated carbocycles. The summed E-state index contributed by atoms with van der Waals surface area (Å²) < 4.78 is 13.9. The summed E-state index contributed by atoms with van der Waals surface area (Å²) in [6.07, 6.45) is 0.785. The van der Waals surface area contributed by atoms with E-state index in [0.29, 0.717) is 12.1 Å². The predicted molar refractivity (Wildman–Crippen MR) is 125 cm³/mol. The van der Waals surface area contributed by atoms with E-state index < -0.39 is 6.04 Å². The van der Waals surface area contributed by atoms with Crippen molar-refractivity contribution in [1.29, 1.82) is 0 Å². The summed E-state index contributed by atoms with van der Waals surface area (Å²) in [5, 5.41) is 6.18. The first kappa shape index (κ1) is 22.7. The van der Waals surface area contributed by atoms with Crippen molar-refractivity contribution in [2.75, 3.05) is 13.6 Å². The van der Waals surface area contributed by atoms with E-state index >= 15 is 0 Å². The van der Waals surface area contributed by atoms with Crippen LogP contribution in [0.1, 0.15) is 51.8 Å². The van der Waals surface area contributed by atoms with Crippen molar-refractivity contribution in [2.45, 2.75) is 39.2 Å². The molecule has 162 valence electrons. The van der Waals surface area contributed by atoms with Gasteiger partial charge in [-0.15, -0.1) is 0 Å². The number of hydrogen-bond donors (Lipinski definition) is 2. The summed E-state index contributed by atoms with van der Waals surface area (Å²) in [5.74, 6) is -0.146. The molecule has 0 saturated heterocycles. The van der Waals surface area contributed by atoms with Gasteiger partial charge >= 0.3 is 0 Å². The van der Waals surface area contributed by atoms with Crippen molar-refractivity contribution in [3.8, 4) is 0 Å². The third-order valence-corrected chi connectivity index (χ3v) is 5.76. The maximum atomic E-state index is 13.9. The largest absolute Gasteiger partial charge is 0.358 e. The Bertz CT molecular complexity index is 1010. The van der Waals surface area contributed by atoms with E-state index in [1.807, 2.05) is 43.3 Å². The van der Waals surface area contributed by atoms with E-state index in [1.54, 1.807) is 20.0 Å². The maximum Gasteiger partial charge on any atom is 0.241 e. The van der Waals surface area contributed by atoms with Crippen LogP contribution in [-0.4, -0.2) is 19.5 Å². The molecule has 0 bridgehead atoms. The van der Waals surface area contributed by atoms with Gasteiger partial charge in [0.15, 0.2) is 0 Å². The zero-order valence-electron chi connectivity index (χ0n) is 18.7. The SMILES string of the molecule is CNC(=O)[C@@H](NCC[C@@H](c1ccc(C)cc1)c1ccc(F)c(C)c1)c1ccc(C)cc1. The van der Waals surface area contributed by atoms with Crippen molar-refractivity contribution in [2.24, 2.45) is 0 Å². The third kappa shape index (κ3) is 5.80. The van der Waals surface area contributed by atoms with Crippen LogP contribution >= 0.6 is 0 Å². The summed E-state index contributed by atoms with van der Waals surface area (Å²) in [7, 11) is 1.65. The number of halogens is 1. The highest BCUT2D eigenvalue weighted by atomic mass is 19.1. The fraction of sp³-hybridized carbons (Fsp3) is 0.296. The Morgan fingerprint density at radius 1 is 0.839 bits per heavy atom. The predicted octanol–water partition coefficient (Wildman–Crippen LogP) is 5.35. The molecule has 0 aliphatic heterocycles. The molecule has 0 aliphatic carbocycles. The molecule has 4 heteroatoms. The van der Waals surface area contributed by atoms with Crippen molar-refractivity contribution in [1.82, 2.24) is 10.6 Å². The van der Waals surface area contributed by atoms with Crippen LogP contribution in [0.5, 0.6) is 0 Å². The lowest BCUT2D eigenvalue weighted by Crippen LogP contribution is -2.36. The Morgan fingerprint density at radius 3 is 1.94 bits per heavy atom. The second kappa shape index (κ2) is 10.4. The van der Waals surface area contributed by atoms with Crippen LogP contribution in [0, 0.1) is 26.6 Å². The molecule has 0 unspecified atom stereocenters. The fourth-order valence-corrected chi connectivity index (χ4v) is 3.85. The van der Waals surface area contributed by atoms with Gasteiger partial charge < -0.3 is 10.6 Å². The lowest BCUT2D eigenvalue weighted by Gasteiger charge is -2.22. The highest BCUT2D eigenvalue weighted by molar-refractivity contribution is 5.82. The molecule has 2 atom stereocenters. The van der Waals surface area contributed by atoms with E-state index in [-0.39, 0.29) is 17.6 Å². The summed E-state index contributed by atoms with van der Waals surface area (Å²) in [6, 6.07) is 21.4. The number of carbonyl (C=O) groups excluding carboxylic acids is 1. The quantitative estimate of drug-likeness (QED) is 0.518. The van der Waals surface area contributed by atoms with Crippen LogP contribution in [0.25, 0.3) is 0 Å². The molecule has 3 nitrogen and oxygen atoms in total. The number of aryl methyl sites for hydroxylation is 3. The smallest absolute Gasteiger partial charge is 0.241 e. The van der Waals surface area contributed by atoms with E-state index in [1.165, 1.54) is 11.1 Å².